The van der Waals surface area contributed by atoms with E-state index in [0.717, 1.165) is 23.6 Å². The van der Waals surface area contributed by atoms with E-state index in [1.54, 1.807) is 6.08 Å². The van der Waals surface area contributed by atoms with Crippen LogP contribution in [0.5, 0.6) is 0 Å². The predicted molar refractivity (Wildman–Crippen MR) is 89.3 cm³/mol. The molecule has 1 heterocycles. The third-order valence-electron chi connectivity index (χ3n) is 3.25. The Bertz CT molecular complexity index is 635. The van der Waals surface area contributed by atoms with Gasteiger partial charge >= 0.3 is 0 Å². The van der Waals surface area contributed by atoms with Crippen molar-refractivity contribution in [3.05, 3.63) is 53.7 Å². The number of hydrogen-bond donors (Lipinski definition) is 2. The van der Waals surface area contributed by atoms with Gasteiger partial charge in [-0.15, -0.1) is 6.58 Å². The summed E-state index contributed by atoms with van der Waals surface area (Å²) in [5.41, 5.74) is 4.55. The molecule has 0 saturated carbocycles. The Kier molecular flexibility index (Phi) is 4.93. The molecule has 1 aromatic carbocycles. The number of anilines is 3. The summed E-state index contributed by atoms with van der Waals surface area (Å²) in [5, 5.41) is 6.56. The smallest absolute Gasteiger partial charge is 0.225 e. The lowest BCUT2D eigenvalue weighted by molar-refractivity contribution is 1.07. The molecule has 2 rings (SSSR count). The Morgan fingerprint density at radius 1 is 1.24 bits per heavy atom. The molecule has 0 bridgehead atoms. The number of aryl methyl sites for hydroxylation is 3. The molecular formula is C17H22N4. The minimum atomic E-state index is 0.615. The Hall–Kier alpha value is -2.36. The molecule has 110 valence electrons. The Labute approximate surface area is 126 Å². The monoisotopic (exact) mass is 282 g/mol. The number of aromatic nitrogens is 2. The highest BCUT2D eigenvalue weighted by Gasteiger charge is 2.07. The molecule has 21 heavy (non-hydrogen) atoms. The zero-order valence-electron chi connectivity index (χ0n) is 12.9. The molecule has 0 unspecified atom stereocenters. The lowest BCUT2D eigenvalue weighted by Crippen LogP contribution is -2.07. The maximum atomic E-state index is 4.50. The Morgan fingerprint density at radius 2 is 2.05 bits per heavy atom. The Morgan fingerprint density at radius 3 is 2.76 bits per heavy atom. The van der Waals surface area contributed by atoms with Crippen molar-refractivity contribution >= 4 is 17.5 Å². The largest absolute Gasteiger partial charge is 0.351 e. The van der Waals surface area contributed by atoms with Crippen molar-refractivity contribution in [1.29, 1.82) is 0 Å². The summed E-state index contributed by atoms with van der Waals surface area (Å²) in [6.45, 7) is 10.6. The molecular weight excluding hydrogens is 260 g/mol. The van der Waals surface area contributed by atoms with Crippen LogP contribution < -0.4 is 10.6 Å². The van der Waals surface area contributed by atoms with Gasteiger partial charge in [0.1, 0.15) is 5.82 Å². The molecule has 0 fully saturated rings. The maximum absolute atomic E-state index is 4.50. The van der Waals surface area contributed by atoms with E-state index >= 15 is 0 Å². The summed E-state index contributed by atoms with van der Waals surface area (Å²) < 4.78 is 0. The van der Waals surface area contributed by atoms with Gasteiger partial charge in [0.25, 0.3) is 0 Å². The van der Waals surface area contributed by atoms with Crippen LogP contribution in [0.2, 0.25) is 0 Å². The first kappa shape index (κ1) is 15.0. The molecule has 0 aliphatic carbocycles. The average molecular weight is 282 g/mol. The second-order valence-corrected chi connectivity index (χ2v) is 4.98. The third kappa shape index (κ3) is 3.81. The van der Waals surface area contributed by atoms with Gasteiger partial charge in [0.2, 0.25) is 5.95 Å². The van der Waals surface area contributed by atoms with Gasteiger partial charge in [0.05, 0.1) is 0 Å². The molecule has 0 radical (unpaired) electrons. The van der Waals surface area contributed by atoms with E-state index in [4.69, 9.17) is 0 Å². The van der Waals surface area contributed by atoms with Crippen LogP contribution in [0.15, 0.2) is 36.9 Å². The summed E-state index contributed by atoms with van der Waals surface area (Å²) in [4.78, 5) is 8.87. The zero-order chi connectivity index (χ0) is 15.2. The fraction of sp³-hybridized carbons (Fsp3) is 0.294. The fourth-order valence-electron chi connectivity index (χ4n) is 2.21. The summed E-state index contributed by atoms with van der Waals surface area (Å²) in [7, 11) is 0. The summed E-state index contributed by atoms with van der Waals surface area (Å²) in [5.74, 6) is 1.42. The van der Waals surface area contributed by atoms with E-state index in [0.29, 0.717) is 12.5 Å². The first-order valence-corrected chi connectivity index (χ1v) is 7.20. The number of nitrogens with one attached hydrogen (secondary N) is 2. The molecule has 0 aliphatic rings. The highest BCUT2D eigenvalue weighted by molar-refractivity contribution is 5.65. The van der Waals surface area contributed by atoms with Crippen LogP contribution in [0, 0.1) is 13.8 Å². The molecule has 0 saturated heterocycles. The fourth-order valence-corrected chi connectivity index (χ4v) is 2.21. The van der Waals surface area contributed by atoms with Gasteiger partial charge in [-0.2, -0.15) is 4.98 Å². The highest BCUT2D eigenvalue weighted by Crippen LogP contribution is 2.25. The first-order chi connectivity index (χ1) is 10.1. The summed E-state index contributed by atoms with van der Waals surface area (Å²) in [6.07, 6.45) is 2.77. The van der Waals surface area contributed by atoms with Gasteiger partial charge in [-0.3, -0.25) is 0 Å². The molecule has 0 aliphatic heterocycles. The SMILES string of the molecule is C=CCNc1nc(C)cc(Nc2c(C)cccc2CC)n1. The van der Waals surface area contributed by atoms with Crippen molar-refractivity contribution < 1.29 is 0 Å². The van der Waals surface area contributed by atoms with Crippen molar-refractivity contribution in [2.24, 2.45) is 0 Å². The van der Waals surface area contributed by atoms with Gasteiger partial charge < -0.3 is 10.6 Å². The van der Waals surface area contributed by atoms with Crippen molar-refractivity contribution in [2.75, 3.05) is 17.2 Å². The van der Waals surface area contributed by atoms with Crippen molar-refractivity contribution in [3.63, 3.8) is 0 Å². The molecule has 2 aromatic rings. The molecule has 0 atom stereocenters. The van der Waals surface area contributed by atoms with Gasteiger partial charge in [0, 0.05) is 24.0 Å². The summed E-state index contributed by atoms with van der Waals surface area (Å²) in [6, 6.07) is 8.28. The van der Waals surface area contributed by atoms with Crippen molar-refractivity contribution in [3.8, 4) is 0 Å². The van der Waals surface area contributed by atoms with Crippen LogP contribution in [-0.2, 0) is 6.42 Å². The summed E-state index contributed by atoms with van der Waals surface area (Å²) >= 11 is 0. The zero-order valence-corrected chi connectivity index (χ0v) is 12.9. The quantitative estimate of drug-likeness (QED) is 0.786. The van der Waals surface area contributed by atoms with Gasteiger partial charge in [0.15, 0.2) is 0 Å². The number of benzene rings is 1. The van der Waals surface area contributed by atoms with Crippen LogP contribution in [0.1, 0.15) is 23.7 Å². The van der Waals surface area contributed by atoms with Crippen LogP contribution in [0.3, 0.4) is 0 Å². The van der Waals surface area contributed by atoms with E-state index in [-0.39, 0.29) is 0 Å². The molecule has 4 nitrogen and oxygen atoms in total. The molecule has 2 N–H and O–H groups in total. The highest BCUT2D eigenvalue weighted by atomic mass is 15.1. The lowest BCUT2D eigenvalue weighted by atomic mass is 10.1. The molecule has 0 spiro atoms. The van der Waals surface area contributed by atoms with Gasteiger partial charge in [-0.1, -0.05) is 31.2 Å². The topological polar surface area (TPSA) is 49.8 Å². The average Bonchev–Trinajstić information content (AvgIpc) is 2.46. The number of nitrogens with zero attached hydrogens (tertiary/aromatic N) is 2. The normalized spacial score (nSPS) is 10.2. The van der Waals surface area contributed by atoms with E-state index in [1.165, 1.54) is 11.1 Å². The molecule has 4 heteroatoms. The number of para-hydroxylation sites is 1. The first-order valence-electron chi connectivity index (χ1n) is 7.20. The number of rotatable bonds is 6. The predicted octanol–water partition coefficient (Wildman–Crippen LogP) is 4.00. The van der Waals surface area contributed by atoms with Gasteiger partial charge in [-0.25, -0.2) is 4.98 Å². The second-order valence-electron chi connectivity index (χ2n) is 4.98. The third-order valence-corrected chi connectivity index (χ3v) is 3.25. The van der Waals surface area contributed by atoms with Crippen LogP contribution >= 0.6 is 0 Å². The van der Waals surface area contributed by atoms with E-state index in [1.807, 2.05) is 13.0 Å². The lowest BCUT2D eigenvalue weighted by Gasteiger charge is -2.14. The van der Waals surface area contributed by atoms with Gasteiger partial charge in [-0.05, 0) is 31.4 Å². The number of hydrogen-bond acceptors (Lipinski definition) is 4. The second kappa shape index (κ2) is 6.88. The van der Waals surface area contributed by atoms with Crippen LogP contribution in [0.4, 0.5) is 17.5 Å². The van der Waals surface area contributed by atoms with Crippen LogP contribution in [0.25, 0.3) is 0 Å². The van der Waals surface area contributed by atoms with Crippen molar-refractivity contribution in [2.45, 2.75) is 27.2 Å². The van der Waals surface area contributed by atoms with Crippen molar-refractivity contribution in [1.82, 2.24) is 9.97 Å². The van der Waals surface area contributed by atoms with Crippen LogP contribution in [-0.4, -0.2) is 16.5 Å². The molecule has 1 aromatic heterocycles. The molecule has 0 amide bonds. The van der Waals surface area contributed by atoms with E-state index in [9.17, 15) is 0 Å². The standard InChI is InChI=1S/C17H22N4/c1-5-10-18-17-19-13(4)11-15(21-17)20-16-12(3)8-7-9-14(16)6-2/h5,7-9,11H,1,6,10H2,2-4H3,(H2,18,19,20,21). The maximum Gasteiger partial charge on any atom is 0.225 e. The van der Waals surface area contributed by atoms with E-state index in [2.05, 4.69) is 59.2 Å². The Balaban J connectivity index is 2.31. The minimum Gasteiger partial charge on any atom is -0.351 e. The minimum absolute atomic E-state index is 0.615. The van der Waals surface area contributed by atoms with E-state index < -0.39 is 0 Å².